The highest BCUT2D eigenvalue weighted by molar-refractivity contribution is 6.13. The summed E-state index contributed by atoms with van der Waals surface area (Å²) < 4.78 is 13.5. The lowest BCUT2D eigenvalue weighted by atomic mass is 10.1. The molecule has 35 heavy (non-hydrogen) atoms. The normalized spacial score (nSPS) is 11.3. The first-order valence-corrected chi connectivity index (χ1v) is 10.6. The number of hydrazone groups is 1. The number of aromatic nitrogens is 2. The van der Waals surface area contributed by atoms with Crippen LogP contribution in [0, 0.1) is 5.82 Å². The largest absolute Gasteiger partial charge is 0.353 e. The molecule has 0 saturated heterocycles. The van der Waals surface area contributed by atoms with Gasteiger partial charge < -0.3 is 4.98 Å². The van der Waals surface area contributed by atoms with Crippen LogP contribution >= 0.6 is 0 Å². The molecular weight excluding hydrogens is 449 g/mol. The van der Waals surface area contributed by atoms with E-state index in [4.69, 9.17) is 5.21 Å². The summed E-state index contributed by atoms with van der Waals surface area (Å²) in [5, 5.41) is 14.4. The third kappa shape index (κ3) is 4.35. The summed E-state index contributed by atoms with van der Waals surface area (Å²) in [6.45, 7) is 0. The van der Waals surface area contributed by atoms with Crippen LogP contribution in [-0.2, 0) is 0 Å². The molecule has 0 aliphatic heterocycles. The predicted octanol–water partition coefficient (Wildman–Crippen LogP) is 4.41. The first kappa shape index (κ1) is 21.9. The lowest BCUT2D eigenvalue weighted by Gasteiger charge is -2.07. The molecule has 0 bridgehead atoms. The monoisotopic (exact) mass is 467 g/mol. The van der Waals surface area contributed by atoms with E-state index in [1.165, 1.54) is 30.5 Å². The zero-order valence-corrected chi connectivity index (χ0v) is 18.1. The van der Waals surface area contributed by atoms with Crippen LogP contribution in [0.2, 0.25) is 0 Å². The number of pyridine rings is 1. The van der Waals surface area contributed by atoms with Crippen molar-refractivity contribution < 1.29 is 19.2 Å². The van der Waals surface area contributed by atoms with Gasteiger partial charge in [-0.25, -0.2) is 20.3 Å². The van der Waals surface area contributed by atoms with Gasteiger partial charge in [-0.05, 0) is 54.1 Å². The maximum absolute atomic E-state index is 13.5. The fourth-order valence-corrected chi connectivity index (χ4v) is 3.79. The first-order valence-electron chi connectivity index (χ1n) is 10.6. The van der Waals surface area contributed by atoms with Gasteiger partial charge >= 0.3 is 0 Å². The summed E-state index contributed by atoms with van der Waals surface area (Å²) in [7, 11) is 0. The van der Waals surface area contributed by atoms with Crippen molar-refractivity contribution in [2.24, 2.45) is 5.10 Å². The predicted molar refractivity (Wildman–Crippen MR) is 130 cm³/mol. The fraction of sp³-hybridized carbons (Fsp3) is 0. The average Bonchev–Trinajstić information content (AvgIpc) is 3.27. The number of nitrogens with zero attached hydrogens (tertiary/aromatic N) is 2. The molecule has 2 aromatic heterocycles. The van der Waals surface area contributed by atoms with Crippen molar-refractivity contribution in [3.05, 3.63) is 102 Å². The Morgan fingerprint density at radius 3 is 2.43 bits per heavy atom. The number of halogens is 1. The Hall–Kier alpha value is -4.89. The molecule has 0 spiro atoms. The van der Waals surface area contributed by atoms with Crippen molar-refractivity contribution in [2.75, 3.05) is 0 Å². The van der Waals surface area contributed by atoms with Crippen molar-refractivity contribution in [1.29, 1.82) is 0 Å². The molecule has 5 rings (SSSR count). The van der Waals surface area contributed by atoms with Gasteiger partial charge in [0.1, 0.15) is 11.5 Å². The van der Waals surface area contributed by atoms with Crippen LogP contribution in [0.4, 0.5) is 4.39 Å². The molecule has 0 atom stereocenters. The smallest absolute Gasteiger partial charge is 0.289 e. The van der Waals surface area contributed by atoms with Crippen molar-refractivity contribution in [3.8, 4) is 11.3 Å². The molecular formula is C26H18FN5O3. The van der Waals surface area contributed by atoms with E-state index >= 15 is 0 Å². The minimum absolute atomic E-state index is 0.147. The van der Waals surface area contributed by atoms with E-state index in [2.05, 4.69) is 20.5 Å². The van der Waals surface area contributed by atoms with E-state index in [0.717, 1.165) is 21.8 Å². The molecule has 2 heterocycles. The Kier molecular flexibility index (Phi) is 5.74. The quantitative estimate of drug-likeness (QED) is 0.174. The van der Waals surface area contributed by atoms with E-state index < -0.39 is 11.8 Å². The van der Waals surface area contributed by atoms with Crippen molar-refractivity contribution >= 4 is 39.8 Å². The molecule has 0 saturated carbocycles. The third-order valence-electron chi connectivity index (χ3n) is 5.50. The van der Waals surface area contributed by atoms with Crippen LogP contribution in [0.3, 0.4) is 0 Å². The summed E-state index contributed by atoms with van der Waals surface area (Å²) in [5.74, 6) is -1.51. The van der Waals surface area contributed by atoms with E-state index in [-0.39, 0.29) is 17.1 Å². The van der Waals surface area contributed by atoms with Crippen LogP contribution < -0.4 is 10.9 Å². The van der Waals surface area contributed by atoms with Crippen molar-refractivity contribution in [1.82, 2.24) is 20.9 Å². The number of amides is 2. The highest BCUT2D eigenvalue weighted by Gasteiger charge is 2.17. The number of hydrogen-bond acceptors (Lipinski definition) is 5. The summed E-state index contributed by atoms with van der Waals surface area (Å²) in [6, 6.07) is 21.6. The number of benzene rings is 3. The van der Waals surface area contributed by atoms with Crippen LogP contribution in [0.5, 0.6) is 0 Å². The van der Waals surface area contributed by atoms with E-state index in [1.807, 2.05) is 24.3 Å². The number of carbonyl (C=O) groups is 2. The number of H-pyrrole nitrogens is 1. The standard InChI is InChI=1S/C26H18FN5O3/c27-18-11-9-16(10-12-18)23-24-20(19-3-1-2-4-21(19)29-24)13-22(30-23)26(34)31-28-14-15-5-7-17(8-6-15)25(33)32-35/h1-14,29,35H,(H,31,34)(H,32,33)/b28-14+. The van der Waals surface area contributed by atoms with E-state index in [1.54, 1.807) is 35.8 Å². The average molecular weight is 467 g/mol. The van der Waals surface area contributed by atoms with Gasteiger partial charge in [0.25, 0.3) is 11.8 Å². The lowest BCUT2D eigenvalue weighted by molar-refractivity contribution is 0.0706. The maximum atomic E-state index is 13.5. The Bertz CT molecular complexity index is 1590. The van der Waals surface area contributed by atoms with Gasteiger partial charge in [0.05, 0.1) is 17.4 Å². The Morgan fingerprint density at radius 1 is 0.943 bits per heavy atom. The van der Waals surface area contributed by atoms with Crippen LogP contribution in [-0.4, -0.2) is 33.2 Å². The van der Waals surface area contributed by atoms with Crippen LogP contribution in [0.15, 0.2) is 84.0 Å². The SMILES string of the molecule is O=C(NO)c1ccc(/C=N/NC(=O)c2cc3c([nH]c4ccccc43)c(-c3ccc(F)cc3)n2)cc1. The molecule has 4 N–H and O–H groups in total. The fourth-order valence-electron chi connectivity index (χ4n) is 3.79. The number of hydroxylamine groups is 1. The molecule has 5 aromatic rings. The third-order valence-corrected chi connectivity index (χ3v) is 5.50. The Balaban J connectivity index is 1.48. The minimum Gasteiger partial charge on any atom is -0.353 e. The number of para-hydroxylation sites is 1. The first-order chi connectivity index (χ1) is 17.0. The van der Waals surface area contributed by atoms with Crippen LogP contribution in [0.1, 0.15) is 26.4 Å². The molecule has 8 nitrogen and oxygen atoms in total. The molecule has 172 valence electrons. The zero-order chi connectivity index (χ0) is 24.4. The van der Waals surface area contributed by atoms with Gasteiger partial charge in [-0.15, -0.1) is 0 Å². The zero-order valence-electron chi connectivity index (χ0n) is 18.1. The molecule has 0 unspecified atom stereocenters. The number of hydrogen-bond donors (Lipinski definition) is 4. The minimum atomic E-state index is -0.627. The number of carbonyl (C=O) groups excluding carboxylic acids is 2. The molecule has 9 heteroatoms. The van der Waals surface area contributed by atoms with E-state index in [0.29, 0.717) is 16.8 Å². The van der Waals surface area contributed by atoms with Gasteiger partial charge in [0.2, 0.25) is 0 Å². The Labute approximate surface area is 198 Å². The second kappa shape index (κ2) is 9.16. The van der Waals surface area contributed by atoms with Crippen molar-refractivity contribution in [2.45, 2.75) is 0 Å². The summed E-state index contributed by atoms with van der Waals surface area (Å²) in [4.78, 5) is 32.2. The second-order valence-corrected chi connectivity index (χ2v) is 7.72. The highest BCUT2D eigenvalue weighted by atomic mass is 19.1. The lowest BCUT2D eigenvalue weighted by Crippen LogP contribution is -2.19. The summed E-state index contributed by atoms with van der Waals surface area (Å²) in [5.41, 5.74) is 7.89. The maximum Gasteiger partial charge on any atom is 0.289 e. The van der Waals surface area contributed by atoms with Gasteiger partial charge in [0.15, 0.2) is 0 Å². The van der Waals surface area contributed by atoms with Gasteiger partial charge in [0, 0.05) is 27.4 Å². The topological polar surface area (TPSA) is 119 Å². The molecule has 0 aliphatic rings. The van der Waals surface area contributed by atoms with Crippen molar-refractivity contribution in [3.63, 3.8) is 0 Å². The summed E-state index contributed by atoms with van der Waals surface area (Å²) in [6.07, 6.45) is 1.42. The van der Waals surface area contributed by atoms with Crippen LogP contribution in [0.25, 0.3) is 33.1 Å². The van der Waals surface area contributed by atoms with E-state index in [9.17, 15) is 14.0 Å². The second-order valence-electron chi connectivity index (χ2n) is 7.72. The number of rotatable bonds is 5. The number of nitrogens with one attached hydrogen (secondary N) is 3. The highest BCUT2D eigenvalue weighted by Crippen LogP contribution is 2.32. The number of aromatic amines is 1. The number of fused-ring (bicyclic) bond motifs is 3. The molecule has 2 amide bonds. The Morgan fingerprint density at radius 2 is 1.69 bits per heavy atom. The molecule has 0 radical (unpaired) electrons. The molecule has 0 fully saturated rings. The molecule has 3 aromatic carbocycles. The van der Waals surface area contributed by atoms with Gasteiger partial charge in [-0.2, -0.15) is 5.10 Å². The summed E-state index contributed by atoms with van der Waals surface area (Å²) >= 11 is 0. The molecule has 0 aliphatic carbocycles. The van der Waals surface area contributed by atoms with Gasteiger partial charge in [-0.3, -0.25) is 14.8 Å². The van der Waals surface area contributed by atoms with Gasteiger partial charge in [-0.1, -0.05) is 30.3 Å².